The van der Waals surface area contributed by atoms with Gasteiger partial charge in [0, 0.05) is 5.56 Å². The smallest absolute Gasteiger partial charge is 0.251 e. The summed E-state index contributed by atoms with van der Waals surface area (Å²) >= 11 is 1.57. The van der Waals surface area contributed by atoms with Crippen molar-refractivity contribution in [2.75, 3.05) is 20.0 Å². The van der Waals surface area contributed by atoms with E-state index in [1.807, 2.05) is 49.4 Å². The molecular formula is C25H26N2O5S. The van der Waals surface area contributed by atoms with E-state index >= 15 is 0 Å². The Bertz CT molecular complexity index is 1110. The van der Waals surface area contributed by atoms with Crippen molar-refractivity contribution in [2.24, 2.45) is 0 Å². The lowest BCUT2D eigenvalue weighted by molar-refractivity contribution is -0.128. The molecule has 2 heterocycles. The van der Waals surface area contributed by atoms with Crippen LogP contribution < -0.4 is 14.8 Å². The zero-order chi connectivity index (χ0) is 23.4. The molecule has 0 aliphatic carbocycles. The molecule has 0 spiro atoms. The van der Waals surface area contributed by atoms with Gasteiger partial charge in [-0.2, -0.15) is 0 Å². The summed E-state index contributed by atoms with van der Waals surface area (Å²) in [6.07, 6.45) is 1.61. The lowest BCUT2D eigenvalue weighted by atomic mass is 10.1. The van der Waals surface area contributed by atoms with E-state index < -0.39 is 0 Å². The average molecular weight is 467 g/mol. The van der Waals surface area contributed by atoms with Gasteiger partial charge in [0.1, 0.15) is 11.1 Å². The zero-order valence-electron chi connectivity index (χ0n) is 18.7. The summed E-state index contributed by atoms with van der Waals surface area (Å²) in [4.78, 5) is 27.0. The summed E-state index contributed by atoms with van der Waals surface area (Å²) in [5.74, 6) is 2.33. The molecule has 2 atom stereocenters. The second-order valence-corrected chi connectivity index (χ2v) is 8.76. The topological polar surface area (TPSA) is 81.0 Å². The normalized spacial score (nSPS) is 16.5. The first-order valence-corrected chi connectivity index (χ1v) is 11.6. The van der Waals surface area contributed by atoms with Gasteiger partial charge in [-0.25, -0.2) is 0 Å². The number of hydrogen-bond acceptors (Lipinski definition) is 6. The van der Waals surface area contributed by atoms with Gasteiger partial charge in [-0.1, -0.05) is 18.2 Å². The first kappa shape index (κ1) is 22.8. The zero-order valence-corrected chi connectivity index (χ0v) is 19.6. The molecule has 4 rings (SSSR count). The van der Waals surface area contributed by atoms with Crippen molar-refractivity contribution in [1.82, 2.24) is 10.2 Å². The summed E-state index contributed by atoms with van der Waals surface area (Å²) in [5.41, 5.74) is 2.44. The minimum absolute atomic E-state index is 0.0759. The number of carbonyl (C=O) groups excluding carboxylic acids is 2. The van der Waals surface area contributed by atoms with Crippen molar-refractivity contribution in [3.8, 4) is 11.5 Å². The van der Waals surface area contributed by atoms with Crippen LogP contribution in [0.25, 0.3) is 0 Å². The minimum atomic E-state index is -0.219. The number of hydrogen-bond donors (Lipinski definition) is 1. The fourth-order valence-corrected chi connectivity index (χ4v) is 4.94. The molecule has 0 radical (unpaired) electrons. The minimum Gasteiger partial charge on any atom is -0.493 e. The number of nitrogens with one attached hydrogen (secondary N) is 1. The highest BCUT2D eigenvalue weighted by atomic mass is 32.2. The first-order chi connectivity index (χ1) is 16.0. The highest BCUT2D eigenvalue weighted by Gasteiger charge is 2.33. The molecule has 1 fully saturated rings. The summed E-state index contributed by atoms with van der Waals surface area (Å²) in [6.45, 7) is 2.34. The number of ether oxygens (including phenoxy) is 2. The van der Waals surface area contributed by atoms with Crippen molar-refractivity contribution >= 4 is 23.6 Å². The van der Waals surface area contributed by atoms with Gasteiger partial charge >= 0.3 is 0 Å². The number of carbonyl (C=O) groups is 2. The van der Waals surface area contributed by atoms with Crippen molar-refractivity contribution in [3.05, 3.63) is 83.3 Å². The molecule has 0 saturated carbocycles. The Labute approximate surface area is 197 Å². The molecule has 1 aromatic heterocycles. The van der Waals surface area contributed by atoms with E-state index in [2.05, 4.69) is 5.32 Å². The third kappa shape index (κ3) is 5.01. The molecule has 1 N–H and O–H groups in total. The van der Waals surface area contributed by atoms with E-state index in [-0.39, 0.29) is 23.2 Å². The molecule has 172 valence electrons. The second kappa shape index (κ2) is 10.0. The number of thioether (sulfide) groups is 1. The van der Waals surface area contributed by atoms with Crippen LogP contribution in [0, 0.1) is 0 Å². The quantitative estimate of drug-likeness (QED) is 0.524. The van der Waals surface area contributed by atoms with Gasteiger partial charge in [0.2, 0.25) is 5.91 Å². The molecular weight excluding hydrogens is 440 g/mol. The predicted molar refractivity (Wildman–Crippen MR) is 126 cm³/mol. The van der Waals surface area contributed by atoms with Crippen LogP contribution in [0.4, 0.5) is 0 Å². The van der Waals surface area contributed by atoms with E-state index in [4.69, 9.17) is 13.9 Å². The SMILES string of the molecule is COc1ccc([C@H](C)NC(=O)c2ccc([C@@H]3SCC(=O)N3Cc3ccco3)cc2)cc1OC. The summed E-state index contributed by atoms with van der Waals surface area (Å²) in [6, 6.07) is 16.4. The van der Waals surface area contributed by atoms with Gasteiger partial charge in [-0.15, -0.1) is 11.8 Å². The summed E-state index contributed by atoms with van der Waals surface area (Å²) in [5, 5.41) is 2.91. The molecule has 33 heavy (non-hydrogen) atoms. The van der Waals surface area contributed by atoms with Crippen LogP contribution in [-0.4, -0.2) is 36.7 Å². The molecule has 2 amide bonds. The highest BCUT2D eigenvalue weighted by Crippen LogP contribution is 2.39. The van der Waals surface area contributed by atoms with E-state index in [0.717, 1.165) is 16.9 Å². The number of nitrogens with zero attached hydrogens (tertiary/aromatic N) is 1. The van der Waals surface area contributed by atoms with E-state index in [9.17, 15) is 9.59 Å². The van der Waals surface area contributed by atoms with Gasteiger partial charge in [-0.05, 0) is 54.4 Å². The van der Waals surface area contributed by atoms with Crippen LogP contribution in [0.5, 0.6) is 11.5 Å². The van der Waals surface area contributed by atoms with Crippen LogP contribution in [0.3, 0.4) is 0 Å². The Morgan fingerprint density at radius 1 is 1.15 bits per heavy atom. The Kier molecular flexibility index (Phi) is 6.93. The lowest BCUT2D eigenvalue weighted by Gasteiger charge is -2.23. The molecule has 7 nitrogen and oxygen atoms in total. The van der Waals surface area contributed by atoms with Gasteiger partial charge in [0.05, 0.1) is 38.8 Å². The number of furan rings is 1. The maximum absolute atomic E-state index is 12.8. The average Bonchev–Trinajstić information content (AvgIpc) is 3.49. The van der Waals surface area contributed by atoms with Crippen LogP contribution in [0.1, 0.15) is 45.6 Å². The Balaban J connectivity index is 1.43. The molecule has 1 saturated heterocycles. The maximum Gasteiger partial charge on any atom is 0.251 e. The monoisotopic (exact) mass is 466 g/mol. The van der Waals surface area contributed by atoms with Gasteiger partial charge in [-0.3, -0.25) is 9.59 Å². The standard InChI is InChI=1S/C25H26N2O5S/c1-16(19-10-11-21(30-2)22(13-19)31-3)26-24(29)17-6-8-18(9-7-17)25-27(23(28)15-33-25)14-20-5-4-12-32-20/h4-13,16,25H,14-15H2,1-3H3,(H,26,29)/t16-,25-/m0/s1. The van der Waals surface area contributed by atoms with Gasteiger partial charge < -0.3 is 24.1 Å². The molecule has 1 aliphatic rings. The largest absolute Gasteiger partial charge is 0.493 e. The summed E-state index contributed by atoms with van der Waals surface area (Å²) in [7, 11) is 3.17. The van der Waals surface area contributed by atoms with Crippen LogP contribution in [-0.2, 0) is 11.3 Å². The van der Waals surface area contributed by atoms with Crippen LogP contribution >= 0.6 is 11.8 Å². The maximum atomic E-state index is 12.8. The summed E-state index contributed by atoms with van der Waals surface area (Å²) < 4.78 is 16.0. The molecule has 0 bridgehead atoms. The highest BCUT2D eigenvalue weighted by molar-refractivity contribution is 8.00. The number of benzene rings is 2. The molecule has 0 unspecified atom stereocenters. The van der Waals surface area contributed by atoms with E-state index in [1.54, 1.807) is 49.3 Å². The molecule has 2 aromatic carbocycles. The fourth-order valence-electron chi connectivity index (χ4n) is 3.76. The van der Waals surface area contributed by atoms with Crippen molar-refractivity contribution in [2.45, 2.75) is 24.9 Å². The van der Waals surface area contributed by atoms with E-state index in [0.29, 0.717) is 29.4 Å². The van der Waals surface area contributed by atoms with E-state index in [1.165, 1.54) is 0 Å². The van der Waals surface area contributed by atoms with Crippen molar-refractivity contribution in [1.29, 1.82) is 0 Å². The number of methoxy groups -OCH3 is 2. The number of amides is 2. The lowest BCUT2D eigenvalue weighted by Crippen LogP contribution is -2.28. The molecule has 8 heteroatoms. The third-order valence-electron chi connectivity index (χ3n) is 5.59. The molecule has 3 aromatic rings. The Hall–Kier alpha value is -3.39. The number of rotatable bonds is 8. The van der Waals surface area contributed by atoms with Crippen LogP contribution in [0.2, 0.25) is 0 Å². The molecule has 1 aliphatic heterocycles. The van der Waals surface area contributed by atoms with Gasteiger partial charge in [0.15, 0.2) is 11.5 Å². The first-order valence-electron chi connectivity index (χ1n) is 10.6. The fraction of sp³-hybridized carbons (Fsp3) is 0.280. The van der Waals surface area contributed by atoms with Crippen LogP contribution in [0.15, 0.2) is 65.3 Å². The third-order valence-corrected chi connectivity index (χ3v) is 6.84. The van der Waals surface area contributed by atoms with Gasteiger partial charge in [0.25, 0.3) is 5.91 Å². The predicted octanol–water partition coefficient (Wildman–Crippen LogP) is 4.56. The Morgan fingerprint density at radius 2 is 1.91 bits per heavy atom. The Morgan fingerprint density at radius 3 is 2.58 bits per heavy atom. The van der Waals surface area contributed by atoms with Crippen molar-refractivity contribution < 1.29 is 23.5 Å². The van der Waals surface area contributed by atoms with Crippen molar-refractivity contribution in [3.63, 3.8) is 0 Å². The second-order valence-electron chi connectivity index (χ2n) is 7.70.